The third-order valence-corrected chi connectivity index (χ3v) is 8.36. The number of aliphatic hydroxyl groups is 1. The van der Waals surface area contributed by atoms with Gasteiger partial charge in [0.15, 0.2) is 0 Å². The first kappa shape index (κ1) is 26.8. The first-order valence-corrected chi connectivity index (χ1v) is 13.5. The number of carbonyl (C=O) groups excluding carboxylic acids is 2. The molecule has 3 heterocycles. The summed E-state index contributed by atoms with van der Waals surface area (Å²) in [7, 11) is 1.59. The minimum absolute atomic E-state index is 0.303. The maximum atomic E-state index is 13.8. The zero-order valence-electron chi connectivity index (χ0n) is 22.5. The van der Waals surface area contributed by atoms with Gasteiger partial charge in [0.25, 0.3) is 5.91 Å². The van der Waals surface area contributed by atoms with Gasteiger partial charge in [-0.1, -0.05) is 6.07 Å². The van der Waals surface area contributed by atoms with Crippen LogP contribution in [0.2, 0.25) is 0 Å². The minimum atomic E-state index is -0.638. The Morgan fingerprint density at radius 3 is 2.49 bits per heavy atom. The third kappa shape index (κ3) is 4.78. The number of anilines is 1. The van der Waals surface area contributed by atoms with Gasteiger partial charge in [0.05, 0.1) is 19.8 Å². The Kier molecular flexibility index (Phi) is 6.86. The van der Waals surface area contributed by atoms with E-state index in [2.05, 4.69) is 10.3 Å². The van der Waals surface area contributed by atoms with Gasteiger partial charge >= 0.3 is 6.03 Å². The van der Waals surface area contributed by atoms with Crippen molar-refractivity contribution in [3.05, 3.63) is 95.2 Å². The van der Waals surface area contributed by atoms with Crippen LogP contribution in [0.25, 0.3) is 10.9 Å². The monoisotopic (exact) mass is 560 g/mol. The van der Waals surface area contributed by atoms with E-state index in [0.29, 0.717) is 49.5 Å². The van der Waals surface area contributed by atoms with Crippen molar-refractivity contribution >= 4 is 28.5 Å². The summed E-state index contributed by atoms with van der Waals surface area (Å²) in [6.07, 6.45) is 1.11. The third-order valence-electron chi connectivity index (χ3n) is 8.36. The van der Waals surface area contributed by atoms with Gasteiger partial charge in [-0.3, -0.25) is 4.79 Å². The second-order valence-corrected chi connectivity index (χ2v) is 10.7. The van der Waals surface area contributed by atoms with Crippen LogP contribution in [0.4, 0.5) is 19.3 Å². The molecule has 1 fully saturated rings. The second kappa shape index (κ2) is 10.5. The summed E-state index contributed by atoms with van der Waals surface area (Å²) in [6, 6.07) is 15.9. The molecule has 1 atom stereocenters. The molecule has 0 aliphatic carbocycles. The Morgan fingerprint density at radius 2 is 1.80 bits per heavy atom. The number of nitrogens with one attached hydrogen (secondary N) is 2. The van der Waals surface area contributed by atoms with Crippen molar-refractivity contribution < 1.29 is 28.2 Å². The summed E-state index contributed by atoms with van der Waals surface area (Å²) in [4.78, 5) is 33.7. The van der Waals surface area contributed by atoms with Crippen LogP contribution in [0, 0.1) is 11.6 Å². The predicted molar refractivity (Wildman–Crippen MR) is 150 cm³/mol. The molecule has 0 bridgehead atoms. The number of benzene rings is 3. The van der Waals surface area contributed by atoms with Crippen LogP contribution in [-0.4, -0.2) is 65.2 Å². The molecular weight excluding hydrogens is 530 g/mol. The molecule has 3 aromatic carbocycles. The van der Waals surface area contributed by atoms with Crippen LogP contribution in [0.5, 0.6) is 5.75 Å². The average Bonchev–Trinajstić information content (AvgIpc) is 3.37. The molecule has 0 radical (unpaired) electrons. The molecule has 6 rings (SSSR count). The Labute approximate surface area is 235 Å². The number of hydrogen-bond donors (Lipinski definition) is 3. The fourth-order valence-corrected chi connectivity index (χ4v) is 6.29. The number of aromatic amines is 1. The summed E-state index contributed by atoms with van der Waals surface area (Å²) in [5, 5.41) is 14.3. The van der Waals surface area contributed by atoms with Crippen LogP contribution < -0.4 is 10.1 Å². The lowest BCUT2D eigenvalue weighted by atomic mass is 9.68. The summed E-state index contributed by atoms with van der Waals surface area (Å²) < 4.78 is 32.7. The summed E-state index contributed by atoms with van der Waals surface area (Å²) in [6.45, 7) is 0.833. The molecule has 4 aromatic rings. The lowest BCUT2D eigenvalue weighted by Gasteiger charge is -2.50. The number of H-pyrrole nitrogens is 1. The molecule has 3 N–H and O–H groups in total. The number of nitrogens with zero attached hydrogens (tertiary/aromatic N) is 2. The molecule has 3 amide bonds. The zero-order valence-corrected chi connectivity index (χ0v) is 22.5. The van der Waals surface area contributed by atoms with E-state index in [1.165, 1.54) is 42.5 Å². The van der Waals surface area contributed by atoms with Gasteiger partial charge in [0.1, 0.15) is 17.4 Å². The first-order valence-electron chi connectivity index (χ1n) is 13.5. The van der Waals surface area contributed by atoms with E-state index < -0.39 is 23.1 Å². The number of amides is 3. The SMILES string of the molecule is COc1ccc2c3c([nH]c2c1)[C@H](CO)N(C(=O)c1ccc(F)cc1)CC31CCN(C(=O)Nc2cccc(F)c2)CC1. The number of hydrogen-bond acceptors (Lipinski definition) is 4. The van der Waals surface area contributed by atoms with Crippen LogP contribution in [0.15, 0.2) is 66.7 Å². The predicted octanol–water partition coefficient (Wildman–Crippen LogP) is 5.21. The van der Waals surface area contributed by atoms with Crippen molar-refractivity contribution in [1.29, 1.82) is 0 Å². The lowest BCUT2D eigenvalue weighted by Crippen LogP contribution is -2.56. The van der Waals surface area contributed by atoms with Crippen LogP contribution >= 0.6 is 0 Å². The Morgan fingerprint density at radius 1 is 1.05 bits per heavy atom. The highest BCUT2D eigenvalue weighted by Crippen LogP contribution is 2.49. The smallest absolute Gasteiger partial charge is 0.321 e. The minimum Gasteiger partial charge on any atom is -0.497 e. The van der Waals surface area contributed by atoms with E-state index >= 15 is 0 Å². The van der Waals surface area contributed by atoms with E-state index in [1.807, 2.05) is 18.2 Å². The van der Waals surface area contributed by atoms with E-state index in [0.717, 1.165) is 22.2 Å². The first-order chi connectivity index (χ1) is 19.8. The number of aliphatic hydroxyl groups excluding tert-OH is 1. The number of ether oxygens (including phenoxy) is 1. The topological polar surface area (TPSA) is 97.9 Å². The maximum Gasteiger partial charge on any atom is 0.321 e. The molecule has 0 unspecified atom stereocenters. The van der Waals surface area contributed by atoms with Crippen LogP contribution in [0.1, 0.15) is 40.5 Å². The Hall–Kier alpha value is -4.44. The van der Waals surface area contributed by atoms with Crippen LogP contribution in [0.3, 0.4) is 0 Å². The van der Waals surface area contributed by atoms with Crippen molar-refractivity contribution in [1.82, 2.24) is 14.8 Å². The van der Waals surface area contributed by atoms with Crippen molar-refractivity contribution in [2.45, 2.75) is 24.3 Å². The number of piperidine rings is 1. The van der Waals surface area contributed by atoms with Gasteiger partial charge in [0, 0.05) is 59.0 Å². The normalized spacial score (nSPS) is 17.9. The molecule has 0 saturated carbocycles. The van der Waals surface area contributed by atoms with Crippen molar-refractivity contribution in [3.63, 3.8) is 0 Å². The van der Waals surface area contributed by atoms with Crippen molar-refractivity contribution in [3.8, 4) is 5.75 Å². The van der Waals surface area contributed by atoms with E-state index in [4.69, 9.17) is 4.74 Å². The molecule has 1 spiro atoms. The second-order valence-electron chi connectivity index (χ2n) is 10.7. The van der Waals surface area contributed by atoms with E-state index in [-0.39, 0.29) is 18.5 Å². The van der Waals surface area contributed by atoms with E-state index in [1.54, 1.807) is 23.0 Å². The number of aromatic nitrogens is 1. The summed E-state index contributed by atoms with van der Waals surface area (Å²) in [5.41, 5.74) is 2.79. The van der Waals surface area contributed by atoms with Crippen molar-refractivity contribution in [2.75, 3.05) is 38.7 Å². The number of methoxy groups -OCH3 is 1. The molecule has 212 valence electrons. The van der Waals surface area contributed by atoms with Crippen LogP contribution in [-0.2, 0) is 5.41 Å². The van der Waals surface area contributed by atoms with Gasteiger partial charge in [-0.2, -0.15) is 0 Å². The average molecular weight is 561 g/mol. The highest BCUT2D eigenvalue weighted by atomic mass is 19.1. The van der Waals surface area contributed by atoms with Gasteiger partial charge < -0.3 is 29.9 Å². The van der Waals surface area contributed by atoms with E-state index in [9.17, 15) is 23.5 Å². The van der Waals surface area contributed by atoms with Gasteiger partial charge in [0.2, 0.25) is 0 Å². The highest BCUT2D eigenvalue weighted by molar-refractivity contribution is 5.96. The highest BCUT2D eigenvalue weighted by Gasteiger charge is 2.49. The maximum absolute atomic E-state index is 13.8. The molecule has 2 aliphatic heterocycles. The summed E-state index contributed by atoms with van der Waals surface area (Å²) >= 11 is 0. The molecule has 1 aromatic heterocycles. The standard InChI is InChI=1S/C31H30F2N4O4/c1-41-23-9-10-24-25(16-23)35-28-26(17-38)37(29(39)19-5-7-20(32)8-6-19)18-31(27(24)28)11-13-36(14-12-31)30(40)34-22-4-2-3-21(33)15-22/h2-10,15-16,26,35,38H,11-14,17-18H2,1H3,(H,34,40)/t26-/m0/s1. The number of halogens is 2. The van der Waals surface area contributed by atoms with Gasteiger partial charge in [-0.15, -0.1) is 0 Å². The Balaban J connectivity index is 1.36. The largest absolute Gasteiger partial charge is 0.497 e. The zero-order chi connectivity index (χ0) is 28.7. The molecule has 10 heteroatoms. The quantitative estimate of drug-likeness (QED) is 0.319. The lowest BCUT2D eigenvalue weighted by molar-refractivity contribution is 0.0371. The fraction of sp³-hybridized carbons (Fsp3) is 0.290. The fourth-order valence-electron chi connectivity index (χ4n) is 6.29. The molecule has 1 saturated heterocycles. The number of likely N-dealkylation sites (tertiary alicyclic amines) is 1. The van der Waals surface area contributed by atoms with Gasteiger partial charge in [-0.05, 0) is 73.0 Å². The van der Waals surface area contributed by atoms with Crippen molar-refractivity contribution in [2.24, 2.45) is 0 Å². The molecular formula is C31H30F2N4O4. The number of urea groups is 1. The molecule has 2 aliphatic rings. The summed E-state index contributed by atoms with van der Waals surface area (Å²) in [5.74, 6) is -0.507. The molecule has 41 heavy (non-hydrogen) atoms. The Bertz CT molecular complexity index is 1610. The van der Waals surface area contributed by atoms with Gasteiger partial charge in [-0.25, -0.2) is 13.6 Å². The molecule has 8 nitrogen and oxygen atoms in total. The number of carbonyl (C=O) groups is 2. The number of rotatable bonds is 4. The number of fused-ring (bicyclic) bond motifs is 4.